The summed E-state index contributed by atoms with van der Waals surface area (Å²) in [6.07, 6.45) is 4.88. The highest BCUT2D eigenvalue weighted by molar-refractivity contribution is 5.94. The van der Waals surface area contributed by atoms with Gasteiger partial charge in [0, 0.05) is 31.8 Å². The Morgan fingerprint density at radius 3 is 2.82 bits per heavy atom. The van der Waals surface area contributed by atoms with E-state index in [2.05, 4.69) is 9.80 Å². The number of likely N-dealkylation sites (tertiary alicyclic amines) is 2. The zero-order valence-corrected chi connectivity index (χ0v) is 13.5. The van der Waals surface area contributed by atoms with E-state index >= 15 is 0 Å². The van der Waals surface area contributed by atoms with Gasteiger partial charge in [-0.2, -0.15) is 0 Å². The molecule has 3 rings (SSSR count). The molecule has 0 aliphatic carbocycles. The van der Waals surface area contributed by atoms with Crippen LogP contribution in [-0.4, -0.2) is 55.0 Å². The van der Waals surface area contributed by atoms with Gasteiger partial charge in [-0.3, -0.25) is 4.79 Å². The fourth-order valence-corrected chi connectivity index (χ4v) is 3.68. The minimum Gasteiger partial charge on any atom is -0.380 e. The summed E-state index contributed by atoms with van der Waals surface area (Å²) in [7, 11) is 1.68. The second-order valence-corrected chi connectivity index (χ2v) is 6.44. The van der Waals surface area contributed by atoms with Crippen molar-refractivity contribution in [3.63, 3.8) is 0 Å². The normalized spacial score (nSPS) is 22.4. The lowest BCUT2D eigenvalue weighted by Gasteiger charge is -2.28. The predicted molar refractivity (Wildman–Crippen MR) is 86.9 cm³/mol. The largest absolute Gasteiger partial charge is 0.380 e. The van der Waals surface area contributed by atoms with Crippen LogP contribution in [0.3, 0.4) is 0 Å². The van der Waals surface area contributed by atoms with E-state index in [0.717, 1.165) is 37.1 Å². The molecule has 2 aliphatic rings. The zero-order chi connectivity index (χ0) is 15.4. The fraction of sp³-hybridized carbons (Fsp3) is 0.611. The smallest absolute Gasteiger partial charge is 0.254 e. The van der Waals surface area contributed by atoms with Crippen molar-refractivity contribution < 1.29 is 9.53 Å². The Balaban J connectivity index is 1.68. The van der Waals surface area contributed by atoms with Crippen molar-refractivity contribution in [3.05, 3.63) is 35.4 Å². The molecule has 0 N–H and O–H groups in total. The van der Waals surface area contributed by atoms with E-state index in [9.17, 15) is 4.79 Å². The van der Waals surface area contributed by atoms with Gasteiger partial charge in [-0.05, 0) is 56.5 Å². The average Bonchev–Trinajstić information content (AvgIpc) is 3.19. The van der Waals surface area contributed by atoms with Crippen molar-refractivity contribution >= 4 is 5.91 Å². The van der Waals surface area contributed by atoms with Gasteiger partial charge in [-0.1, -0.05) is 12.1 Å². The Hall–Kier alpha value is -1.39. The lowest BCUT2D eigenvalue weighted by atomic mass is 10.1. The van der Waals surface area contributed by atoms with Crippen LogP contribution in [0.25, 0.3) is 0 Å². The molecule has 1 aromatic rings. The number of rotatable bonds is 5. The summed E-state index contributed by atoms with van der Waals surface area (Å²) in [6, 6.07) is 8.24. The third kappa shape index (κ3) is 3.50. The molecule has 1 aromatic carbocycles. The summed E-state index contributed by atoms with van der Waals surface area (Å²) in [5, 5.41) is 0. The Morgan fingerprint density at radius 1 is 1.23 bits per heavy atom. The van der Waals surface area contributed by atoms with Gasteiger partial charge >= 0.3 is 0 Å². The van der Waals surface area contributed by atoms with Crippen molar-refractivity contribution in [2.45, 2.75) is 38.3 Å². The highest BCUT2D eigenvalue weighted by atomic mass is 16.5. The zero-order valence-electron chi connectivity index (χ0n) is 13.5. The van der Waals surface area contributed by atoms with E-state index in [1.165, 1.54) is 25.9 Å². The van der Waals surface area contributed by atoms with Gasteiger partial charge in [0.25, 0.3) is 5.91 Å². The van der Waals surface area contributed by atoms with Crippen LogP contribution in [0.4, 0.5) is 0 Å². The van der Waals surface area contributed by atoms with Crippen LogP contribution in [0.2, 0.25) is 0 Å². The molecule has 0 aromatic heterocycles. The maximum Gasteiger partial charge on any atom is 0.254 e. The first-order chi connectivity index (χ1) is 10.8. The third-order valence-corrected chi connectivity index (χ3v) is 4.79. The summed E-state index contributed by atoms with van der Waals surface area (Å²) in [5.41, 5.74) is 1.85. The van der Waals surface area contributed by atoms with Crippen molar-refractivity contribution in [2.24, 2.45) is 0 Å². The van der Waals surface area contributed by atoms with Crippen molar-refractivity contribution in [3.8, 4) is 0 Å². The van der Waals surface area contributed by atoms with Gasteiger partial charge in [0.1, 0.15) is 0 Å². The van der Waals surface area contributed by atoms with Crippen LogP contribution in [-0.2, 0) is 11.3 Å². The SMILES string of the molecule is COCc1cccc(C(=O)N2CCCC2CN2CCCC2)c1. The number of hydrogen-bond acceptors (Lipinski definition) is 3. The number of methoxy groups -OCH3 is 1. The Morgan fingerprint density at radius 2 is 2.05 bits per heavy atom. The molecule has 1 atom stereocenters. The molecule has 2 heterocycles. The highest BCUT2D eigenvalue weighted by Crippen LogP contribution is 2.23. The molecule has 0 spiro atoms. The maximum atomic E-state index is 12.9. The summed E-state index contributed by atoms with van der Waals surface area (Å²) in [4.78, 5) is 17.5. The number of ether oxygens (including phenoxy) is 1. The predicted octanol–water partition coefficient (Wildman–Crippen LogP) is 2.53. The van der Waals surface area contributed by atoms with Crippen LogP contribution >= 0.6 is 0 Å². The number of amides is 1. The van der Waals surface area contributed by atoms with E-state index in [-0.39, 0.29) is 5.91 Å². The number of nitrogens with zero attached hydrogens (tertiary/aromatic N) is 2. The lowest BCUT2D eigenvalue weighted by Crippen LogP contribution is -2.42. The van der Waals surface area contributed by atoms with E-state index in [1.54, 1.807) is 7.11 Å². The van der Waals surface area contributed by atoms with Crippen molar-refractivity contribution in [2.75, 3.05) is 33.3 Å². The minimum atomic E-state index is 0.180. The monoisotopic (exact) mass is 302 g/mol. The molecule has 22 heavy (non-hydrogen) atoms. The topological polar surface area (TPSA) is 32.8 Å². The number of hydrogen-bond donors (Lipinski definition) is 0. The first kappa shape index (κ1) is 15.5. The molecule has 4 nitrogen and oxygen atoms in total. The van der Waals surface area contributed by atoms with Crippen LogP contribution < -0.4 is 0 Å². The van der Waals surface area contributed by atoms with Crippen molar-refractivity contribution in [1.82, 2.24) is 9.80 Å². The summed E-state index contributed by atoms with van der Waals surface area (Å²) >= 11 is 0. The average molecular weight is 302 g/mol. The van der Waals surface area contributed by atoms with Gasteiger partial charge < -0.3 is 14.5 Å². The quantitative estimate of drug-likeness (QED) is 0.838. The lowest BCUT2D eigenvalue weighted by molar-refractivity contribution is 0.0708. The molecule has 1 amide bonds. The molecule has 2 aliphatic heterocycles. The Kier molecular flexibility index (Phi) is 5.11. The summed E-state index contributed by atoms with van der Waals surface area (Å²) < 4.78 is 5.17. The van der Waals surface area contributed by atoms with E-state index in [0.29, 0.717) is 12.6 Å². The Labute approximate surface area is 133 Å². The first-order valence-corrected chi connectivity index (χ1v) is 8.39. The van der Waals surface area contributed by atoms with Gasteiger partial charge in [0.15, 0.2) is 0 Å². The highest BCUT2D eigenvalue weighted by Gasteiger charge is 2.31. The third-order valence-electron chi connectivity index (χ3n) is 4.79. The van der Waals surface area contributed by atoms with Gasteiger partial charge in [0.05, 0.1) is 6.61 Å². The molecule has 2 saturated heterocycles. The van der Waals surface area contributed by atoms with Crippen LogP contribution in [0, 0.1) is 0 Å². The molecule has 4 heteroatoms. The van der Waals surface area contributed by atoms with Crippen LogP contribution in [0.15, 0.2) is 24.3 Å². The molecule has 0 saturated carbocycles. The van der Waals surface area contributed by atoms with Gasteiger partial charge in [0.2, 0.25) is 0 Å². The molecular weight excluding hydrogens is 276 g/mol. The summed E-state index contributed by atoms with van der Waals surface area (Å²) in [5.74, 6) is 0.180. The number of benzene rings is 1. The first-order valence-electron chi connectivity index (χ1n) is 8.39. The van der Waals surface area contributed by atoms with Gasteiger partial charge in [-0.25, -0.2) is 0 Å². The summed E-state index contributed by atoms with van der Waals surface area (Å²) in [6.45, 7) is 4.89. The Bertz CT molecular complexity index is 512. The van der Waals surface area contributed by atoms with Crippen LogP contribution in [0.1, 0.15) is 41.6 Å². The number of carbonyl (C=O) groups excluding carboxylic acids is 1. The second-order valence-electron chi connectivity index (χ2n) is 6.44. The molecule has 2 fully saturated rings. The van der Waals surface area contributed by atoms with E-state index < -0.39 is 0 Å². The molecule has 1 unspecified atom stereocenters. The minimum absolute atomic E-state index is 0.180. The molecular formula is C18H26N2O2. The second kappa shape index (κ2) is 7.25. The van der Waals surface area contributed by atoms with Crippen molar-refractivity contribution in [1.29, 1.82) is 0 Å². The van der Waals surface area contributed by atoms with Gasteiger partial charge in [-0.15, -0.1) is 0 Å². The molecule has 0 radical (unpaired) electrons. The van der Waals surface area contributed by atoms with E-state index in [4.69, 9.17) is 4.74 Å². The molecule has 0 bridgehead atoms. The van der Waals surface area contributed by atoms with E-state index in [1.807, 2.05) is 24.3 Å². The fourth-order valence-electron chi connectivity index (χ4n) is 3.68. The standard InChI is InChI=1S/C18H26N2O2/c1-22-14-15-6-4-7-16(12-15)18(21)20-11-5-8-17(20)13-19-9-2-3-10-19/h4,6-7,12,17H,2-3,5,8-11,13-14H2,1H3. The maximum absolute atomic E-state index is 12.9. The molecule has 120 valence electrons. The van der Waals surface area contributed by atoms with Crippen LogP contribution in [0.5, 0.6) is 0 Å². The number of carbonyl (C=O) groups is 1.